The zero-order valence-electron chi connectivity index (χ0n) is 15.1. The number of rotatable bonds is 7. The highest BCUT2D eigenvalue weighted by Crippen LogP contribution is 2.25. The van der Waals surface area contributed by atoms with Crippen molar-refractivity contribution in [2.45, 2.75) is 33.6 Å². The molecule has 0 unspecified atom stereocenters. The molecule has 1 aromatic heterocycles. The van der Waals surface area contributed by atoms with E-state index in [1.165, 1.54) is 0 Å². The highest BCUT2D eigenvalue weighted by atomic mass is 16.3. The number of aromatic amines is 1. The van der Waals surface area contributed by atoms with Gasteiger partial charge in [0, 0.05) is 23.2 Å². The van der Waals surface area contributed by atoms with Crippen LogP contribution < -0.4 is 10.9 Å². The van der Waals surface area contributed by atoms with Crippen LogP contribution in [0.2, 0.25) is 0 Å². The molecule has 0 atom stereocenters. The molecule has 0 saturated heterocycles. The van der Waals surface area contributed by atoms with Crippen LogP contribution in [0.15, 0.2) is 41.2 Å². The van der Waals surface area contributed by atoms with Crippen molar-refractivity contribution in [3.8, 4) is 11.1 Å². The molecule has 5 heteroatoms. The SMILES string of the molecule is CCC(CC)(CO)CNC(=O)c1cc(-c2ccccc2)c(C)[nH]c1=O. The molecule has 1 amide bonds. The Morgan fingerprint density at radius 2 is 1.84 bits per heavy atom. The number of H-pyrrole nitrogens is 1. The Balaban J connectivity index is 2.30. The van der Waals surface area contributed by atoms with Gasteiger partial charge in [0.2, 0.25) is 0 Å². The Morgan fingerprint density at radius 1 is 1.20 bits per heavy atom. The molecular weight excluding hydrogens is 316 g/mol. The third kappa shape index (κ3) is 4.17. The number of hydrogen-bond acceptors (Lipinski definition) is 3. The first kappa shape index (κ1) is 18.9. The minimum atomic E-state index is -0.418. The summed E-state index contributed by atoms with van der Waals surface area (Å²) in [6.07, 6.45) is 1.50. The van der Waals surface area contributed by atoms with Crippen molar-refractivity contribution in [3.05, 3.63) is 58.0 Å². The van der Waals surface area contributed by atoms with Gasteiger partial charge < -0.3 is 15.4 Å². The lowest BCUT2D eigenvalue weighted by Gasteiger charge is -2.29. The number of nitrogens with one attached hydrogen (secondary N) is 2. The predicted octanol–water partition coefficient (Wildman–Crippen LogP) is 2.88. The van der Waals surface area contributed by atoms with Crippen molar-refractivity contribution < 1.29 is 9.90 Å². The van der Waals surface area contributed by atoms with Crippen molar-refractivity contribution in [1.29, 1.82) is 0 Å². The van der Waals surface area contributed by atoms with Crippen LogP contribution in [0.3, 0.4) is 0 Å². The second-order valence-corrected chi connectivity index (χ2v) is 6.46. The van der Waals surface area contributed by atoms with E-state index in [1.54, 1.807) is 6.07 Å². The number of carbonyl (C=O) groups excluding carboxylic acids is 1. The molecule has 2 aromatic rings. The Hall–Kier alpha value is -2.40. The maximum atomic E-state index is 12.5. The maximum Gasteiger partial charge on any atom is 0.261 e. The third-order valence-corrected chi connectivity index (χ3v) is 5.03. The summed E-state index contributed by atoms with van der Waals surface area (Å²) >= 11 is 0. The smallest absolute Gasteiger partial charge is 0.261 e. The van der Waals surface area contributed by atoms with Crippen molar-refractivity contribution in [3.63, 3.8) is 0 Å². The Bertz CT molecular complexity index is 769. The van der Waals surface area contributed by atoms with Crippen LogP contribution in [0.4, 0.5) is 0 Å². The molecule has 0 bridgehead atoms. The molecule has 0 radical (unpaired) electrons. The summed E-state index contributed by atoms with van der Waals surface area (Å²) in [6.45, 7) is 6.12. The summed E-state index contributed by atoms with van der Waals surface area (Å²) in [5.41, 5.74) is 1.82. The van der Waals surface area contributed by atoms with Crippen molar-refractivity contribution in [2.24, 2.45) is 5.41 Å². The second-order valence-electron chi connectivity index (χ2n) is 6.46. The Kier molecular flexibility index (Phi) is 6.15. The van der Waals surface area contributed by atoms with Crippen molar-refractivity contribution >= 4 is 5.91 Å². The molecule has 5 nitrogen and oxygen atoms in total. The van der Waals surface area contributed by atoms with E-state index >= 15 is 0 Å². The fraction of sp³-hybridized carbons (Fsp3) is 0.400. The van der Waals surface area contributed by atoms with Gasteiger partial charge in [-0.05, 0) is 31.4 Å². The number of aliphatic hydroxyl groups excluding tert-OH is 1. The quantitative estimate of drug-likeness (QED) is 0.723. The predicted molar refractivity (Wildman–Crippen MR) is 99.7 cm³/mol. The van der Waals surface area contributed by atoms with Crippen LogP contribution in [0, 0.1) is 12.3 Å². The Morgan fingerprint density at radius 3 is 2.40 bits per heavy atom. The third-order valence-electron chi connectivity index (χ3n) is 5.03. The van der Waals surface area contributed by atoms with Gasteiger partial charge in [-0.2, -0.15) is 0 Å². The first-order valence-corrected chi connectivity index (χ1v) is 8.64. The zero-order valence-corrected chi connectivity index (χ0v) is 15.1. The monoisotopic (exact) mass is 342 g/mol. The summed E-state index contributed by atoms with van der Waals surface area (Å²) in [5.74, 6) is -0.418. The van der Waals surface area contributed by atoms with Crippen LogP contribution in [0.1, 0.15) is 42.7 Å². The average molecular weight is 342 g/mol. The number of pyridine rings is 1. The van der Waals surface area contributed by atoms with Crippen LogP contribution in [0.5, 0.6) is 0 Å². The van der Waals surface area contributed by atoms with Gasteiger partial charge in [-0.1, -0.05) is 44.2 Å². The standard InChI is InChI=1S/C20H26N2O3/c1-4-20(5-2,13-23)12-21-18(24)17-11-16(14(3)22-19(17)25)15-9-7-6-8-10-15/h6-11,23H,4-5,12-13H2,1-3H3,(H,21,24)(H,22,25). The van der Waals surface area contributed by atoms with E-state index < -0.39 is 11.5 Å². The van der Waals surface area contributed by atoms with E-state index in [4.69, 9.17) is 0 Å². The molecule has 0 spiro atoms. The molecule has 134 valence electrons. The lowest BCUT2D eigenvalue weighted by atomic mass is 9.83. The van der Waals surface area contributed by atoms with Crippen LogP contribution in [0.25, 0.3) is 11.1 Å². The number of aromatic nitrogens is 1. The van der Waals surface area contributed by atoms with Gasteiger partial charge in [0.15, 0.2) is 0 Å². The van der Waals surface area contributed by atoms with Crippen molar-refractivity contribution in [1.82, 2.24) is 10.3 Å². The number of aliphatic hydroxyl groups is 1. The number of benzene rings is 1. The summed E-state index contributed by atoms with van der Waals surface area (Å²) in [7, 11) is 0. The average Bonchev–Trinajstić information content (AvgIpc) is 2.64. The van der Waals surface area contributed by atoms with E-state index in [9.17, 15) is 14.7 Å². The van der Waals surface area contributed by atoms with E-state index in [0.717, 1.165) is 29.7 Å². The minimum Gasteiger partial charge on any atom is -0.396 e. The van der Waals surface area contributed by atoms with Crippen molar-refractivity contribution in [2.75, 3.05) is 13.2 Å². The highest BCUT2D eigenvalue weighted by molar-refractivity contribution is 5.95. The highest BCUT2D eigenvalue weighted by Gasteiger charge is 2.26. The molecule has 0 aliphatic carbocycles. The zero-order chi connectivity index (χ0) is 18.4. The first-order valence-electron chi connectivity index (χ1n) is 8.64. The summed E-state index contributed by atoms with van der Waals surface area (Å²) < 4.78 is 0. The summed E-state index contributed by atoms with van der Waals surface area (Å²) in [6, 6.07) is 11.3. The van der Waals surface area contributed by atoms with Gasteiger partial charge in [0.05, 0.1) is 6.61 Å². The Labute approximate surface area is 148 Å². The lowest BCUT2D eigenvalue weighted by molar-refractivity contribution is 0.0850. The molecule has 0 aliphatic rings. The van der Waals surface area contributed by atoms with Gasteiger partial charge in [-0.25, -0.2) is 0 Å². The molecule has 0 saturated carbocycles. The van der Waals surface area contributed by atoms with E-state index in [2.05, 4.69) is 10.3 Å². The molecule has 1 heterocycles. The van der Waals surface area contributed by atoms with Crippen LogP contribution in [-0.4, -0.2) is 29.1 Å². The molecule has 25 heavy (non-hydrogen) atoms. The molecule has 0 fully saturated rings. The lowest BCUT2D eigenvalue weighted by Crippen LogP contribution is -2.40. The number of amides is 1. The normalized spacial score (nSPS) is 11.4. The first-order chi connectivity index (χ1) is 12.0. The molecule has 2 rings (SSSR count). The number of hydrogen-bond donors (Lipinski definition) is 3. The molecule has 1 aromatic carbocycles. The van der Waals surface area contributed by atoms with Crippen LogP contribution >= 0.6 is 0 Å². The molecular formula is C20H26N2O3. The van der Waals surface area contributed by atoms with Crippen LogP contribution in [-0.2, 0) is 0 Å². The second kappa shape index (κ2) is 8.12. The van der Waals surface area contributed by atoms with Gasteiger partial charge in [0.25, 0.3) is 11.5 Å². The van der Waals surface area contributed by atoms with Gasteiger partial charge >= 0.3 is 0 Å². The molecule has 0 aliphatic heterocycles. The maximum absolute atomic E-state index is 12.5. The van der Waals surface area contributed by atoms with E-state index in [1.807, 2.05) is 51.1 Å². The fourth-order valence-corrected chi connectivity index (χ4v) is 2.85. The largest absolute Gasteiger partial charge is 0.396 e. The summed E-state index contributed by atoms with van der Waals surface area (Å²) in [4.78, 5) is 27.5. The summed E-state index contributed by atoms with van der Waals surface area (Å²) in [5, 5.41) is 12.4. The van der Waals surface area contributed by atoms with E-state index in [0.29, 0.717) is 6.54 Å². The number of carbonyl (C=O) groups is 1. The molecule has 3 N–H and O–H groups in total. The fourth-order valence-electron chi connectivity index (χ4n) is 2.85. The van der Waals surface area contributed by atoms with E-state index in [-0.39, 0.29) is 17.6 Å². The van der Waals surface area contributed by atoms with Gasteiger partial charge in [-0.15, -0.1) is 0 Å². The van der Waals surface area contributed by atoms with Gasteiger partial charge in [0.1, 0.15) is 5.56 Å². The topological polar surface area (TPSA) is 82.2 Å². The van der Waals surface area contributed by atoms with Gasteiger partial charge in [-0.3, -0.25) is 9.59 Å². The number of aryl methyl sites for hydroxylation is 1. The minimum absolute atomic E-state index is 0.000198.